The average molecular weight is 254 g/mol. The summed E-state index contributed by atoms with van der Waals surface area (Å²) in [7, 11) is 0. The zero-order valence-electron chi connectivity index (χ0n) is 10.1. The monoisotopic (exact) mass is 254 g/mol. The summed E-state index contributed by atoms with van der Waals surface area (Å²) in [6, 6.07) is 0. The number of hydrogen-bond acceptors (Lipinski definition) is 5. The first-order valence-corrected chi connectivity index (χ1v) is 5.65. The number of nitrogens with one attached hydrogen (secondary N) is 1. The Bertz CT molecular complexity index is 466. The van der Waals surface area contributed by atoms with E-state index in [4.69, 9.17) is 9.84 Å². The van der Waals surface area contributed by atoms with Gasteiger partial charge in [0.05, 0.1) is 5.71 Å². The van der Waals surface area contributed by atoms with Crippen molar-refractivity contribution in [3.05, 3.63) is 0 Å². The Hall–Kier alpha value is -1.92. The van der Waals surface area contributed by atoms with Crippen LogP contribution in [0.1, 0.15) is 33.1 Å². The number of nitrogens with zero attached hydrogens (tertiary/aromatic N) is 1. The molecule has 2 aliphatic rings. The van der Waals surface area contributed by atoms with Gasteiger partial charge in [0.1, 0.15) is 0 Å². The van der Waals surface area contributed by atoms with Gasteiger partial charge in [-0.3, -0.25) is 14.4 Å². The van der Waals surface area contributed by atoms with Crippen LogP contribution in [0.2, 0.25) is 0 Å². The van der Waals surface area contributed by atoms with Crippen LogP contribution in [-0.2, 0) is 19.1 Å². The van der Waals surface area contributed by atoms with Crippen LogP contribution in [0.5, 0.6) is 0 Å². The molecule has 0 aromatic carbocycles. The molecule has 1 unspecified atom stereocenters. The third-order valence-corrected chi connectivity index (χ3v) is 3.75. The van der Waals surface area contributed by atoms with Crippen molar-refractivity contribution in [1.29, 1.82) is 0 Å². The van der Waals surface area contributed by atoms with E-state index in [0.29, 0.717) is 12.1 Å². The van der Waals surface area contributed by atoms with Gasteiger partial charge in [-0.05, 0) is 33.1 Å². The van der Waals surface area contributed by atoms with E-state index in [1.165, 1.54) is 6.92 Å². The highest BCUT2D eigenvalue weighted by Crippen LogP contribution is 2.43. The predicted molar refractivity (Wildman–Crippen MR) is 59.7 cm³/mol. The lowest BCUT2D eigenvalue weighted by molar-refractivity contribution is -0.183. The van der Waals surface area contributed by atoms with E-state index in [0.717, 1.165) is 0 Å². The smallest absolute Gasteiger partial charge is 0.324 e. The number of esters is 1. The van der Waals surface area contributed by atoms with Gasteiger partial charge in [-0.25, -0.2) is 5.43 Å². The van der Waals surface area contributed by atoms with Gasteiger partial charge >= 0.3 is 11.9 Å². The Morgan fingerprint density at radius 2 is 2.06 bits per heavy atom. The largest absolute Gasteiger partial charge is 0.480 e. The summed E-state index contributed by atoms with van der Waals surface area (Å²) in [6.07, 6.45) is 1.15. The minimum Gasteiger partial charge on any atom is -0.480 e. The second-order valence-electron chi connectivity index (χ2n) is 4.80. The molecule has 1 aliphatic carbocycles. The normalized spacial score (nSPS) is 29.0. The minimum atomic E-state index is -1.50. The molecule has 0 saturated heterocycles. The first-order chi connectivity index (χ1) is 8.33. The van der Waals surface area contributed by atoms with Gasteiger partial charge in [-0.2, -0.15) is 5.10 Å². The van der Waals surface area contributed by atoms with Gasteiger partial charge in [0.25, 0.3) is 5.91 Å². The number of carboxylic acid groups (broad SMARTS) is 1. The topological polar surface area (TPSA) is 105 Å². The van der Waals surface area contributed by atoms with Crippen LogP contribution in [0.25, 0.3) is 0 Å². The lowest BCUT2D eigenvalue weighted by Crippen LogP contribution is -2.53. The molecule has 1 fully saturated rings. The minimum absolute atomic E-state index is 0.245. The summed E-state index contributed by atoms with van der Waals surface area (Å²) in [5.41, 5.74) is -0.486. The zero-order chi connectivity index (χ0) is 13.6. The van der Waals surface area contributed by atoms with Crippen LogP contribution in [0, 0.1) is 5.41 Å². The number of carboxylic acids is 1. The molecule has 0 bridgehead atoms. The highest BCUT2D eigenvalue weighted by atomic mass is 16.6. The highest BCUT2D eigenvalue weighted by molar-refractivity contribution is 6.16. The molecule has 1 atom stereocenters. The van der Waals surface area contributed by atoms with E-state index in [1.54, 1.807) is 6.92 Å². The number of hydrogen-bond donors (Lipinski definition) is 2. The Morgan fingerprint density at radius 1 is 1.44 bits per heavy atom. The highest BCUT2D eigenvalue weighted by Gasteiger charge is 2.56. The fraction of sp³-hybridized carbons (Fsp3) is 0.636. The molecule has 2 rings (SSSR count). The summed E-state index contributed by atoms with van der Waals surface area (Å²) in [5.74, 6) is -2.63. The molecule has 0 aromatic rings. The fourth-order valence-corrected chi connectivity index (χ4v) is 1.95. The van der Waals surface area contributed by atoms with Crippen molar-refractivity contribution in [2.75, 3.05) is 0 Å². The van der Waals surface area contributed by atoms with E-state index >= 15 is 0 Å². The lowest BCUT2D eigenvalue weighted by atomic mass is 9.68. The fourth-order valence-electron chi connectivity index (χ4n) is 1.95. The van der Waals surface area contributed by atoms with Crippen LogP contribution in [0.3, 0.4) is 0 Å². The third kappa shape index (κ3) is 1.50. The third-order valence-electron chi connectivity index (χ3n) is 3.75. The molecule has 7 nitrogen and oxygen atoms in total. The van der Waals surface area contributed by atoms with E-state index < -0.39 is 28.9 Å². The van der Waals surface area contributed by atoms with E-state index in [2.05, 4.69) is 10.5 Å². The van der Waals surface area contributed by atoms with Crippen molar-refractivity contribution in [1.82, 2.24) is 5.43 Å². The molecule has 98 valence electrons. The number of rotatable bonds is 3. The number of ether oxygens (including phenoxy) is 1. The van der Waals surface area contributed by atoms with Crippen LogP contribution < -0.4 is 5.43 Å². The summed E-state index contributed by atoms with van der Waals surface area (Å²) in [5, 5.41) is 12.8. The van der Waals surface area contributed by atoms with Gasteiger partial charge < -0.3 is 9.84 Å². The van der Waals surface area contributed by atoms with Gasteiger partial charge in [-0.1, -0.05) is 0 Å². The van der Waals surface area contributed by atoms with E-state index in [-0.39, 0.29) is 12.8 Å². The van der Waals surface area contributed by atoms with E-state index in [9.17, 15) is 14.4 Å². The number of aliphatic carboxylic acids is 1. The van der Waals surface area contributed by atoms with Crippen LogP contribution in [-0.4, -0.2) is 34.3 Å². The van der Waals surface area contributed by atoms with Crippen molar-refractivity contribution in [2.45, 2.75) is 38.7 Å². The van der Waals surface area contributed by atoms with E-state index in [1.807, 2.05) is 0 Å². The van der Waals surface area contributed by atoms with Crippen molar-refractivity contribution >= 4 is 23.6 Å². The van der Waals surface area contributed by atoms with Crippen LogP contribution >= 0.6 is 0 Å². The molecule has 0 radical (unpaired) electrons. The van der Waals surface area contributed by atoms with Gasteiger partial charge in [0, 0.05) is 0 Å². The molecule has 18 heavy (non-hydrogen) atoms. The summed E-state index contributed by atoms with van der Waals surface area (Å²) in [4.78, 5) is 34.8. The maximum absolute atomic E-state index is 12.0. The van der Waals surface area contributed by atoms with Crippen LogP contribution in [0.4, 0.5) is 0 Å². The van der Waals surface area contributed by atoms with Crippen molar-refractivity contribution in [3.8, 4) is 0 Å². The molecular formula is C11H14N2O5. The molecule has 0 aromatic heterocycles. The molecule has 1 amide bonds. The van der Waals surface area contributed by atoms with Gasteiger partial charge in [0.15, 0.2) is 5.41 Å². The Morgan fingerprint density at radius 3 is 2.39 bits per heavy atom. The summed E-state index contributed by atoms with van der Waals surface area (Å²) < 4.78 is 5.13. The second-order valence-corrected chi connectivity index (χ2v) is 4.80. The number of amides is 1. The summed E-state index contributed by atoms with van der Waals surface area (Å²) in [6.45, 7) is 2.94. The first-order valence-electron chi connectivity index (χ1n) is 5.65. The Balaban J connectivity index is 2.20. The Labute approximate surface area is 103 Å². The maximum Gasteiger partial charge on any atom is 0.324 e. The van der Waals surface area contributed by atoms with Crippen molar-refractivity contribution in [2.24, 2.45) is 10.5 Å². The van der Waals surface area contributed by atoms with Gasteiger partial charge in [-0.15, -0.1) is 0 Å². The van der Waals surface area contributed by atoms with Crippen molar-refractivity contribution < 1.29 is 24.2 Å². The van der Waals surface area contributed by atoms with Crippen LogP contribution in [0.15, 0.2) is 5.10 Å². The number of carbonyl (C=O) groups is 3. The first kappa shape index (κ1) is 12.5. The lowest BCUT2D eigenvalue weighted by Gasteiger charge is -2.37. The molecule has 7 heteroatoms. The number of hydrazone groups is 1. The quantitative estimate of drug-likeness (QED) is 0.547. The second kappa shape index (κ2) is 3.79. The SMILES string of the molecule is CC1=NNC(=O)C1(C)OC(=O)C1(C(=O)O)CCC1. The van der Waals surface area contributed by atoms with Gasteiger partial charge in [0.2, 0.25) is 5.60 Å². The molecular weight excluding hydrogens is 240 g/mol. The molecule has 0 spiro atoms. The maximum atomic E-state index is 12.0. The average Bonchev–Trinajstić information content (AvgIpc) is 2.43. The Kier molecular flexibility index (Phi) is 2.64. The molecule has 1 saturated carbocycles. The molecule has 1 heterocycles. The van der Waals surface area contributed by atoms with Crippen molar-refractivity contribution in [3.63, 3.8) is 0 Å². The standard InChI is InChI=1S/C11H14N2O5/c1-6-10(2,7(14)13-12-6)18-9(17)11(8(15)16)4-3-5-11/h3-5H2,1-2H3,(H,13,14)(H,15,16). The molecule has 1 aliphatic heterocycles. The predicted octanol–water partition coefficient (Wildman–Crippen LogP) is 0.0489. The molecule has 2 N–H and O–H groups in total. The zero-order valence-corrected chi connectivity index (χ0v) is 10.1. The summed E-state index contributed by atoms with van der Waals surface area (Å²) >= 11 is 0. The number of carbonyl (C=O) groups excluding carboxylic acids is 2.